The summed E-state index contributed by atoms with van der Waals surface area (Å²) in [6.45, 7) is 0. The fraction of sp³-hybridized carbons (Fsp3) is 0. The van der Waals surface area contributed by atoms with Crippen molar-refractivity contribution in [2.75, 3.05) is 9.80 Å². The van der Waals surface area contributed by atoms with Gasteiger partial charge in [-0.15, -0.1) is 11.3 Å². The largest absolute Gasteiger partial charge is 0.308 e. The zero-order chi connectivity index (χ0) is 40.5. The summed E-state index contributed by atoms with van der Waals surface area (Å²) in [4.78, 5) is 4.93. The maximum Gasteiger partial charge on any atom is 0.0796 e. The van der Waals surface area contributed by atoms with Crippen LogP contribution >= 0.6 is 11.3 Å². The SMILES string of the molecule is c1ccc(-c2ccc(N(c3cccc(-c4ccccc4)c3)c3ccc4sc5cc6ccccc6cc5c4c3N(c3ccccc3)c3ccc(-c4ccccc4)cc3)cc2)cc1. The lowest BCUT2D eigenvalue weighted by atomic mass is 10.00. The lowest BCUT2D eigenvalue weighted by Gasteiger charge is -2.34. The van der Waals surface area contributed by atoms with Crippen LogP contribution in [-0.4, -0.2) is 0 Å². The van der Waals surface area contributed by atoms with Crippen LogP contribution in [-0.2, 0) is 0 Å². The van der Waals surface area contributed by atoms with Crippen molar-refractivity contribution in [3.63, 3.8) is 0 Å². The van der Waals surface area contributed by atoms with Gasteiger partial charge in [-0.1, -0.05) is 170 Å². The van der Waals surface area contributed by atoms with Crippen molar-refractivity contribution >= 4 is 76.4 Å². The van der Waals surface area contributed by atoms with Crippen LogP contribution in [0.25, 0.3) is 64.3 Å². The van der Waals surface area contributed by atoms with Gasteiger partial charge in [0.1, 0.15) is 0 Å². The number of para-hydroxylation sites is 1. The molecule has 1 aromatic heterocycles. The average Bonchev–Trinajstić information content (AvgIpc) is 3.70. The van der Waals surface area contributed by atoms with Gasteiger partial charge in [0.25, 0.3) is 0 Å². The van der Waals surface area contributed by atoms with Crippen molar-refractivity contribution in [1.82, 2.24) is 0 Å². The number of benzene rings is 10. The molecule has 0 aliphatic rings. The topological polar surface area (TPSA) is 6.48 Å². The van der Waals surface area contributed by atoms with Crippen LogP contribution in [0.2, 0.25) is 0 Å². The number of hydrogen-bond acceptors (Lipinski definition) is 3. The molecule has 11 rings (SSSR count). The molecule has 0 fully saturated rings. The first kappa shape index (κ1) is 36.4. The Hall–Kier alpha value is -7.72. The minimum atomic E-state index is 1.07. The number of hydrogen-bond donors (Lipinski definition) is 0. The molecular formula is C58H40N2S. The normalized spacial score (nSPS) is 11.3. The van der Waals surface area contributed by atoms with Gasteiger partial charge in [0, 0.05) is 42.9 Å². The highest BCUT2D eigenvalue weighted by molar-refractivity contribution is 7.26. The highest BCUT2D eigenvalue weighted by atomic mass is 32.1. The quantitative estimate of drug-likeness (QED) is 0.144. The van der Waals surface area contributed by atoms with Gasteiger partial charge in [-0.25, -0.2) is 0 Å². The first-order chi connectivity index (χ1) is 30.2. The number of fused-ring (bicyclic) bond motifs is 4. The lowest BCUT2D eigenvalue weighted by Crippen LogP contribution is -2.17. The number of thiophene rings is 1. The van der Waals surface area contributed by atoms with Crippen LogP contribution in [0.5, 0.6) is 0 Å². The van der Waals surface area contributed by atoms with Crippen LogP contribution < -0.4 is 9.80 Å². The van der Waals surface area contributed by atoms with Gasteiger partial charge in [-0.3, -0.25) is 0 Å². The van der Waals surface area contributed by atoms with Crippen molar-refractivity contribution < 1.29 is 0 Å². The van der Waals surface area contributed by atoms with Gasteiger partial charge < -0.3 is 9.80 Å². The molecule has 0 aliphatic carbocycles. The summed E-state index contributed by atoms with van der Waals surface area (Å²) in [5.41, 5.74) is 13.6. The summed E-state index contributed by atoms with van der Waals surface area (Å²) < 4.78 is 2.51. The molecule has 0 saturated carbocycles. The number of anilines is 6. The van der Waals surface area contributed by atoms with E-state index in [4.69, 9.17) is 0 Å². The zero-order valence-electron chi connectivity index (χ0n) is 33.4. The monoisotopic (exact) mass is 796 g/mol. The van der Waals surface area contributed by atoms with E-state index < -0.39 is 0 Å². The Bertz CT molecular complexity index is 3270. The van der Waals surface area contributed by atoms with Crippen molar-refractivity contribution in [3.8, 4) is 33.4 Å². The Labute approximate surface area is 360 Å². The molecular weight excluding hydrogens is 757 g/mol. The highest BCUT2D eigenvalue weighted by Gasteiger charge is 2.27. The Balaban J connectivity index is 1.21. The highest BCUT2D eigenvalue weighted by Crippen LogP contribution is 2.53. The predicted molar refractivity (Wildman–Crippen MR) is 263 cm³/mol. The minimum Gasteiger partial charge on any atom is -0.308 e. The fourth-order valence-corrected chi connectivity index (χ4v) is 9.80. The van der Waals surface area contributed by atoms with Crippen LogP contribution in [0.1, 0.15) is 0 Å². The van der Waals surface area contributed by atoms with Crippen LogP contribution in [0.4, 0.5) is 34.1 Å². The molecule has 10 aromatic carbocycles. The zero-order valence-corrected chi connectivity index (χ0v) is 34.2. The molecule has 0 radical (unpaired) electrons. The van der Waals surface area contributed by atoms with Crippen molar-refractivity contribution in [1.29, 1.82) is 0 Å². The van der Waals surface area contributed by atoms with Crippen molar-refractivity contribution in [3.05, 3.63) is 243 Å². The number of rotatable bonds is 9. The lowest BCUT2D eigenvalue weighted by molar-refractivity contribution is 1.24. The number of nitrogens with zero attached hydrogens (tertiary/aromatic N) is 2. The van der Waals surface area contributed by atoms with Gasteiger partial charge >= 0.3 is 0 Å². The second-order valence-electron chi connectivity index (χ2n) is 15.4. The van der Waals surface area contributed by atoms with Gasteiger partial charge in [0.05, 0.1) is 11.4 Å². The van der Waals surface area contributed by atoms with Crippen molar-refractivity contribution in [2.45, 2.75) is 0 Å². The molecule has 61 heavy (non-hydrogen) atoms. The van der Waals surface area contributed by atoms with E-state index in [-0.39, 0.29) is 0 Å². The Morgan fingerprint density at radius 2 is 0.721 bits per heavy atom. The third kappa shape index (κ3) is 6.91. The van der Waals surface area contributed by atoms with E-state index in [1.807, 2.05) is 11.3 Å². The van der Waals surface area contributed by atoms with E-state index in [1.54, 1.807) is 0 Å². The summed E-state index contributed by atoms with van der Waals surface area (Å²) in [6.07, 6.45) is 0. The molecule has 11 aromatic rings. The van der Waals surface area contributed by atoms with Gasteiger partial charge in [-0.2, -0.15) is 0 Å². The summed E-state index contributed by atoms with van der Waals surface area (Å²) in [7, 11) is 0. The van der Waals surface area contributed by atoms with E-state index in [9.17, 15) is 0 Å². The van der Waals surface area contributed by atoms with E-state index in [2.05, 4.69) is 252 Å². The minimum absolute atomic E-state index is 1.07. The standard InChI is InChI=1S/C58H40N2S/c1-5-16-41(17-6-1)44-28-32-50(33-29-44)59(52-27-15-24-46(38-52)43-20-9-3-10-21-43)54-36-37-55-57(53-39-47-22-13-14-23-48(47)40-56(53)61-55)58(54)60(49-25-11-4-12-26-49)51-34-30-45(31-35-51)42-18-7-2-8-19-42/h1-40H. The molecule has 0 saturated heterocycles. The fourth-order valence-electron chi connectivity index (χ4n) is 8.67. The molecule has 3 heteroatoms. The van der Waals surface area contributed by atoms with E-state index in [1.165, 1.54) is 58.8 Å². The summed E-state index contributed by atoms with van der Waals surface area (Å²) in [6, 6.07) is 88.0. The van der Waals surface area contributed by atoms with E-state index >= 15 is 0 Å². The second kappa shape index (κ2) is 15.8. The third-order valence-electron chi connectivity index (χ3n) is 11.6. The molecule has 2 nitrogen and oxygen atoms in total. The Kier molecular flexibility index (Phi) is 9.42. The Morgan fingerprint density at radius 1 is 0.279 bits per heavy atom. The molecule has 0 spiro atoms. The molecule has 0 aliphatic heterocycles. The van der Waals surface area contributed by atoms with Crippen LogP contribution in [0.3, 0.4) is 0 Å². The molecule has 0 N–H and O–H groups in total. The average molecular weight is 797 g/mol. The maximum absolute atomic E-state index is 2.47. The second-order valence-corrected chi connectivity index (χ2v) is 16.4. The van der Waals surface area contributed by atoms with Gasteiger partial charge in [0.15, 0.2) is 0 Å². The molecule has 1 heterocycles. The molecule has 0 amide bonds. The summed E-state index contributed by atoms with van der Waals surface area (Å²) in [5, 5.41) is 4.95. The molecule has 0 atom stereocenters. The first-order valence-electron chi connectivity index (χ1n) is 20.7. The van der Waals surface area contributed by atoms with Crippen molar-refractivity contribution in [2.24, 2.45) is 0 Å². The smallest absolute Gasteiger partial charge is 0.0796 e. The summed E-state index contributed by atoms with van der Waals surface area (Å²) in [5.74, 6) is 0. The predicted octanol–water partition coefficient (Wildman–Crippen LogP) is 17.1. The van der Waals surface area contributed by atoms with Crippen LogP contribution in [0, 0.1) is 0 Å². The van der Waals surface area contributed by atoms with E-state index in [0.717, 1.165) is 39.7 Å². The van der Waals surface area contributed by atoms with E-state index in [0.29, 0.717) is 0 Å². The third-order valence-corrected chi connectivity index (χ3v) is 12.7. The first-order valence-corrected chi connectivity index (χ1v) is 21.6. The maximum atomic E-state index is 2.47. The molecule has 288 valence electrons. The summed E-state index contributed by atoms with van der Waals surface area (Å²) >= 11 is 1.86. The van der Waals surface area contributed by atoms with Gasteiger partial charge in [-0.05, 0) is 117 Å². The van der Waals surface area contributed by atoms with Crippen LogP contribution in [0.15, 0.2) is 243 Å². The molecule has 0 unspecified atom stereocenters. The Morgan fingerprint density at radius 3 is 1.31 bits per heavy atom. The van der Waals surface area contributed by atoms with Gasteiger partial charge in [0.2, 0.25) is 0 Å². The molecule has 0 bridgehead atoms.